The van der Waals surface area contributed by atoms with Gasteiger partial charge in [-0.05, 0) is 35.0 Å². The second-order valence-corrected chi connectivity index (χ2v) is 7.24. The van der Waals surface area contributed by atoms with Gasteiger partial charge in [0.05, 0.1) is 24.7 Å². The van der Waals surface area contributed by atoms with E-state index in [0.29, 0.717) is 17.1 Å². The van der Waals surface area contributed by atoms with Crippen molar-refractivity contribution in [2.45, 2.75) is 11.4 Å². The van der Waals surface area contributed by atoms with Crippen LogP contribution in [0.3, 0.4) is 0 Å². The molecule has 0 saturated carbocycles. The quantitative estimate of drug-likeness (QED) is 0.735. The number of benzene rings is 3. The Balaban J connectivity index is 1.89. The van der Waals surface area contributed by atoms with Gasteiger partial charge in [-0.3, -0.25) is 0 Å². The zero-order valence-electron chi connectivity index (χ0n) is 14.0. The molecule has 0 aromatic heterocycles. The van der Waals surface area contributed by atoms with Crippen LogP contribution in [0.5, 0.6) is 11.5 Å². The Bertz CT molecular complexity index is 977. The molecular formula is C19H19NO4S. The minimum absolute atomic E-state index is 0.0718. The van der Waals surface area contributed by atoms with Crippen molar-refractivity contribution < 1.29 is 17.9 Å². The molecule has 0 aliphatic rings. The Morgan fingerprint density at radius 3 is 2.12 bits per heavy atom. The van der Waals surface area contributed by atoms with Gasteiger partial charge in [0, 0.05) is 6.54 Å². The summed E-state index contributed by atoms with van der Waals surface area (Å²) >= 11 is 0. The first kappa shape index (κ1) is 17.3. The highest BCUT2D eigenvalue weighted by molar-refractivity contribution is 7.89. The van der Waals surface area contributed by atoms with Crippen LogP contribution >= 0.6 is 0 Å². The second kappa shape index (κ2) is 7.13. The Kier molecular flexibility index (Phi) is 4.92. The summed E-state index contributed by atoms with van der Waals surface area (Å²) in [6.45, 7) is 0.0718. The van der Waals surface area contributed by atoms with Crippen LogP contribution in [-0.2, 0) is 16.6 Å². The summed E-state index contributed by atoms with van der Waals surface area (Å²) in [7, 11) is -0.585. The molecule has 0 fully saturated rings. The average molecular weight is 357 g/mol. The molecule has 0 spiro atoms. The fraction of sp³-hybridized carbons (Fsp3) is 0.158. The molecule has 25 heavy (non-hydrogen) atoms. The first-order valence-electron chi connectivity index (χ1n) is 7.73. The number of rotatable bonds is 6. The number of sulfonamides is 1. The molecule has 0 atom stereocenters. The third-order valence-corrected chi connectivity index (χ3v) is 5.40. The summed E-state index contributed by atoms with van der Waals surface area (Å²) in [5.41, 5.74) is 0.650. The van der Waals surface area contributed by atoms with Crippen LogP contribution in [0.1, 0.15) is 5.56 Å². The summed E-state index contributed by atoms with van der Waals surface area (Å²) in [4.78, 5) is 0.222. The van der Waals surface area contributed by atoms with Crippen molar-refractivity contribution in [3.05, 3.63) is 66.2 Å². The van der Waals surface area contributed by atoms with Crippen LogP contribution in [0, 0.1) is 0 Å². The van der Waals surface area contributed by atoms with Gasteiger partial charge < -0.3 is 9.47 Å². The number of hydrogen-bond acceptors (Lipinski definition) is 4. The van der Waals surface area contributed by atoms with Crippen LogP contribution in [0.25, 0.3) is 10.8 Å². The topological polar surface area (TPSA) is 64.6 Å². The van der Waals surface area contributed by atoms with E-state index in [1.165, 1.54) is 14.2 Å². The van der Waals surface area contributed by atoms with E-state index in [9.17, 15) is 8.42 Å². The van der Waals surface area contributed by atoms with Crippen LogP contribution in [-0.4, -0.2) is 22.6 Å². The highest BCUT2D eigenvalue weighted by Crippen LogP contribution is 2.28. The second-order valence-electron chi connectivity index (χ2n) is 5.47. The first-order valence-corrected chi connectivity index (χ1v) is 9.22. The number of fused-ring (bicyclic) bond motifs is 1. The van der Waals surface area contributed by atoms with E-state index in [1.54, 1.807) is 36.4 Å². The van der Waals surface area contributed by atoms with Crippen molar-refractivity contribution in [2.24, 2.45) is 0 Å². The van der Waals surface area contributed by atoms with E-state index >= 15 is 0 Å². The van der Waals surface area contributed by atoms with Gasteiger partial charge in [0.25, 0.3) is 0 Å². The predicted octanol–water partition coefficient (Wildman–Crippen LogP) is 3.34. The molecule has 0 bridgehead atoms. The van der Waals surface area contributed by atoms with E-state index in [2.05, 4.69) is 4.72 Å². The van der Waals surface area contributed by atoms with Gasteiger partial charge in [-0.25, -0.2) is 13.1 Å². The highest BCUT2D eigenvalue weighted by atomic mass is 32.2. The average Bonchev–Trinajstić information content (AvgIpc) is 2.65. The van der Waals surface area contributed by atoms with Crippen molar-refractivity contribution in [1.82, 2.24) is 4.72 Å². The van der Waals surface area contributed by atoms with Gasteiger partial charge in [-0.2, -0.15) is 0 Å². The molecule has 0 aliphatic carbocycles. The number of methoxy groups -OCH3 is 2. The van der Waals surface area contributed by atoms with Gasteiger partial charge in [0.2, 0.25) is 10.0 Å². The van der Waals surface area contributed by atoms with Crippen molar-refractivity contribution in [1.29, 1.82) is 0 Å². The lowest BCUT2D eigenvalue weighted by molar-refractivity contribution is 0.384. The molecule has 0 unspecified atom stereocenters. The van der Waals surface area contributed by atoms with E-state index in [4.69, 9.17) is 9.47 Å². The Labute approximate surface area is 147 Å². The standard InChI is InChI=1S/C19H19NO4S/c1-23-18-8-5-9-19(24-2)17(18)13-20-25(21,22)16-11-10-14-6-3-4-7-15(14)12-16/h3-12,20H,13H2,1-2H3. The smallest absolute Gasteiger partial charge is 0.240 e. The fourth-order valence-electron chi connectivity index (χ4n) is 2.69. The lowest BCUT2D eigenvalue weighted by Gasteiger charge is -2.14. The predicted molar refractivity (Wildman–Crippen MR) is 97.5 cm³/mol. The molecule has 0 heterocycles. The molecule has 3 aromatic rings. The van der Waals surface area contributed by atoms with E-state index in [-0.39, 0.29) is 11.4 Å². The van der Waals surface area contributed by atoms with E-state index in [1.807, 2.05) is 24.3 Å². The lowest BCUT2D eigenvalue weighted by atomic mass is 10.1. The largest absolute Gasteiger partial charge is 0.496 e. The Morgan fingerprint density at radius 1 is 0.840 bits per heavy atom. The lowest BCUT2D eigenvalue weighted by Crippen LogP contribution is -2.23. The monoisotopic (exact) mass is 357 g/mol. The summed E-state index contributed by atoms with van der Waals surface area (Å²) in [5.74, 6) is 1.14. The molecule has 0 radical (unpaired) electrons. The normalized spacial score (nSPS) is 11.4. The number of nitrogens with one attached hydrogen (secondary N) is 1. The fourth-order valence-corrected chi connectivity index (χ4v) is 3.72. The van der Waals surface area contributed by atoms with Crippen molar-refractivity contribution in [2.75, 3.05) is 14.2 Å². The molecule has 6 heteroatoms. The first-order chi connectivity index (χ1) is 12.0. The zero-order chi connectivity index (χ0) is 17.9. The van der Waals surface area contributed by atoms with Crippen molar-refractivity contribution >= 4 is 20.8 Å². The minimum atomic E-state index is -3.66. The zero-order valence-corrected chi connectivity index (χ0v) is 14.8. The molecule has 130 valence electrons. The highest BCUT2D eigenvalue weighted by Gasteiger charge is 2.17. The van der Waals surface area contributed by atoms with Crippen LogP contribution in [0.4, 0.5) is 0 Å². The third-order valence-electron chi connectivity index (χ3n) is 4.00. The SMILES string of the molecule is COc1cccc(OC)c1CNS(=O)(=O)c1ccc2ccccc2c1. The summed E-state index contributed by atoms with van der Waals surface area (Å²) < 4.78 is 38.5. The molecule has 5 nitrogen and oxygen atoms in total. The molecule has 1 N–H and O–H groups in total. The maximum Gasteiger partial charge on any atom is 0.240 e. The summed E-state index contributed by atoms with van der Waals surface area (Å²) in [5, 5.41) is 1.87. The van der Waals surface area contributed by atoms with Crippen molar-refractivity contribution in [3.8, 4) is 11.5 Å². The maximum atomic E-state index is 12.7. The van der Waals surface area contributed by atoms with Gasteiger partial charge in [-0.1, -0.05) is 36.4 Å². The molecule has 3 aromatic carbocycles. The molecule has 0 amide bonds. The van der Waals surface area contributed by atoms with Crippen molar-refractivity contribution in [3.63, 3.8) is 0 Å². The Morgan fingerprint density at radius 2 is 1.48 bits per heavy atom. The molecule has 0 saturated heterocycles. The number of hydrogen-bond donors (Lipinski definition) is 1. The maximum absolute atomic E-state index is 12.7. The van der Waals surface area contributed by atoms with Gasteiger partial charge in [-0.15, -0.1) is 0 Å². The van der Waals surface area contributed by atoms with Crippen LogP contribution in [0.2, 0.25) is 0 Å². The van der Waals surface area contributed by atoms with Crippen LogP contribution < -0.4 is 14.2 Å². The molecule has 0 aliphatic heterocycles. The van der Waals surface area contributed by atoms with Gasteiger partial charge in [0.15, 0.2) is 0 Å². The molecule has 3 rings (SSSR count). The van der Waals surface area contributed by atoms with E-state index < -0.39 is 10.0 Å². The summed E-state index contributed by atoms with van der Waals surface area (Å²) in [6.07, 6.45) is 0. The Hall–Kier alpha value is -2.57. The third kappa shape index (κ3) is 3.60. The van der Waals surface area contributed by atoms with Gasteiger partial charge in [0.1, 0.15) is 11.5 Å². The van der Waals surface area contributed by atoms with Gasteiger partial charge >= 0.3 is 0 Å². The summed E-state index contributed by atoms with van der Waals surface area (Å²) in [6, 6.07) is 18.0. The minimum Gasteiger partial charge on any atom is -0.496 e. The number of ether oxygens (including phenoxy) is 2. The molecular weight excluding hydrogens is 338 g/mol. The van der Waals surface area contributed by atoms with E-state index in [0.717, 1.165) is 10.8 Å². The van der Waals surface area contributed by atoms with Crippen LogP contribution in [0.15, 0.2) is 65.6 Å².